The van der Waals surface area contributed by atoms with Gasteiger partial charge in [0.05, 0.1) is 0 Å². The normalized spacial score (nSPS) is 9.85. The number of aryl methyl sites for hydroxylation is 2. The third-order valence-electron chi connectivity index (χ3n) is 1.82. The first-order valence-electron chi connectivity index (χ1n) is 4.05. The second-order valence-electron chi connectivity index (χ2n) is 3.10. The van der Waals surface area contributed by atoms with Crippen molar-refractivity contribution in [2.24, 2.45) is 0 Å². The summed E-state index contributed by atoms with van der Waals surface area (Å²) in [6, 6.07) is 3.96. The summed E-state index contributed by atoms with van der Waals surface area (Å²) >= 11 is 3.42. The molecule has 1 aromatic carbocycles. The van der Waals surface area contributed by atoms with E-state index in [-0.39, 0.29) is 5.91 Å². The molecule has 13 heavy (non-hydrogen) atoms. The summed E-state index contributed by atoms with van der Waals surface area (Å²) < 4.78 is 1.02. The van der Waals surface area contributed by atoms with Crippen LogP contribution in [0, 0.1) is 13.8 Å². The molecule has 1 rings (SSSR count). The Bertz CT molecular complexity index is 347. The van der Waals surface area contributed by atoms with E-state index in [2.05, 4.69) is 21.2 Å². The van der Waals surface area contributed by atoms with E-state index < -0.39 is 0 Å². The van der Waals surface area contributed by atoms with Gasteiger partial charge in [0, 0.05) is 17.1 Å². The van der Waals surface area contributed by atoms with Crippen LogP contribution in [-0.2, 0) is 4.79 Å². The summed E-state index contributed by atoms with van der Waals surface area (Å²) in [6.07, 6.45) is 0. The lowest BCUT2D eigenvalue weighted by molar-refractivity contribution is -0.114. The maximum Gasteiger partial charge on any atom is 0.221 e. The van der Waals surface area contributed by atoms with Gasteiger partial charge in [-0.1, -0.05) is 22.0 Å². The van der Waals surface area contributed by atoms with E-state index in [1.165, 1.54) is 12.5 Å². The maximum absolute atomic E-state index is 10.8. The fourth-order valence-electron chi connectivity index (χ4n) is 1.15. The first-order chi connectivity index (χ1) is 6.00. The van der Waals surface area contributed by atoms with Gasteiger partial charge in [-0.2, -0.15) is 0 Å². The molecule has 0 bridgehead atoms. The van der Waals surface area contributed by atoms with Crippen molar-refractivity contribution in [3.8, 4) is 0 Å². The second kappa shape index (κ2) is 3.92. The van der Waals surface area contributed by atoms with E-state index in [4.69, 9.17) is 0 Å². The predicted octanol–water partition coefficient (Wildman–Crippen LogP) is 3.02. The van der Waals surface area contributed by atoms with Crippen LogP contribution in [-0.4, -0.2) is 5.91 Å². The summed E-state index contributed by atoms with van der Waals surface area (Å²) in [5.74, 6) is -0.0427. The van der Waals surface area contributed by atoms with Gasteiger partial charge in [0.25, 0.3) is 0 Å². The van der Waals surface area contributed by atoms with Crippen LogP contribution in [0.15, 0.2) is 16.6 Å². The second-order valence-corrected chi connectivity index (χ2v) is 3.95. The van der Waals surface area contributed by atoms with Crippen LogP contribution in [0.3, 0.4) is 0 Å². The lowest BCUT2D eigenvalue weighted by atomic mass is 10.1. The molecule has 1 amide bonds. The highest BCUT2D eigenvalue weighted by Crippen LogP contribution is 2.24. The Morgan fingerprint density at radius 2 is 1.92 bits per heavy atom. The first-order valence-corrected chi connectivity index (χ1v) is 4.84. The van der Waals surface area contributed by atoms with Gasteiger partial charge in [-0.05, 0) is 31.0 Å². The van der Waals surface area contributed by atoms with Crippen LogP contribution in [0.25, 0.3) is 0 Å². The Morgan fingerprint density at radius 1 is 1.31 bits per heavy atom. The zero-order valence-electron chi connectivity index (χ0n) is 7.94. The minimum Gasteiger partial charge on any atom is -0.326 e. The van der Waals surface area contributed by atoms with Crippen molar-refractivity contribution in [1.29, 1.82) is 0 Å². The fraction of sp³-hybridized carbons (Fsp3) is 0.300. The number of hydrogen-bond acceptors (Lipinski definition) is 1. The molecule has 1 aromatic rings. The highest BCUT2D eigenvalue weighted by atomic mass is 79.9. The third kappa shape index (κ3) is 2.56. The number of rotatable bonds is 1. The van der Waals surface area contributed by atoms with Gasteiger partial charge >= 0.3 is 0 Å². The SMILES string of the molecule is CC(=O)Nc1cc(Br)c(C)cc1C. The van der Waals surface area contributed by atoms with Crippen LogP contribution >= 0.6 is 15.9 Å². The monoisotopic (exact) mass is 241 g/mol. The van der Waals surface area contributed by atoms with Gasteiger partial charge in [0.15, 0.2) is 0 Å². The van der Waals surface area contributed by atoms with Crippen molar-refractivity contribution in [2.75, 3.05) is 5.32 Å². The van der Waals surface area contributed by atoms with Gasteiger partial charge in [-0.25, -0.2) is 0 Å². The Morgan fingerprint density at radius 3 is 2.46 bits per heavy atom. The maximum atomic E-state index is 10.8. The third-order valence-corrected chi connectivity index (χ3v) is 2.67. The molecule has 0 fully saturated rings. The Labute approximate surface area is 86.5 Å². The number of carbonyl (C=O) groups is 1. The van der Waals surface area contributed by atoms with Gasteiger partial charge in [-0.15, -0.1) is 0 Å². The first kappa shape index (κ1) is 10.3. The Kier molecular flexibility index (Phi) is 3.09. The molecule has 0 saturated heterocycles. The van der Waals surface area contributed by atoms with Gasteiger partial charge < -0.3 is 5.32 Å². The highest BCUT2D eigenvalue weighted by Gasteiger charge is 2.03. The number of benzene rings is 1. The molecule has 0 aliphatic rings. The van der Waals surface area contributed by atoms with Crippen molar-refractivity contribution < 1.29 is 4.79 Å². The molecule has 0 heterocycles. The predicted molar refractivity (Wildman–Crippen MR) is 57.9 cm³/mol. The van der Waals surface area contributed by atoms with Gasteiger partial charge in [0.1, 0.15) is 0 Å². The number of amides is 1. The van der Waals surface area contributed by atoms with E-state index in [0.717, 1.165) is 15.7 Å². The van der Waals surface area contributed by atoms with Crippen molar-refractivity contribution in [3.63, 3.8) is 0 Å². The highest BCUT2D eigenvalue weighted by molar-refractivity contribution is 9.10. The fourth-order valence-corrected chi connectivity index (χ4v) is 1.49. The minimum absolute atomic E-state index is 0.0427. The Balaban J connectivity index is 3.08. The number of hydrogen-bond donors (Lipinski definition) is 1. The number of carbonyl (C=O) groups excluding carboxylic acids is 1. The molecule has 1 N–H and O–H groups in total. The Hall–Kier alpha value is -0.830. The standard InChI is InChI=1S/C10H12BrNO/c1-6-4-7(2)10(5-9(6)11)12-8(3)13/h4-5H,1-3H3,(H,12,13). The molecular formula is C10H12BrNO. The van der Waals surface area contributed by atoms with Crippen LogP contribution < -0.4 is 5.32 Å². The summed E-state index contributed by atoms with van der Waals surface area (Å²) in [5, 5.41) is 2.77. The molecule has 2 nitrogen and oxygen atoms in total. The van der Waals surface area contributed by atoms with E-state index in [0.29, 0.717) is 0 Å². The molecule has 0 spiro atoms. The van der Waals surface area contributed by atoms with Crippen molar-refractivity contribution in [3.05, 3.63) is 27.7 Å². The smallest absolute Gasteiger partial charge is 0.221 e. The molecule has 0 aliphatic heterocycles. The zero-order valence-corrected chi connectivity index (χ0v) is 9.53. The summed E-state index contributed by atoms with van der Waals surface area (Å²) in [7, 11) is 0. The van der Waals surface area contributed by atoms with E-state index in [9.17, 15) is 4.79 Å². The molecule has 0 aliphatic carbocycles. The van der Waals surface area contributed by atoms with E-state index >= 15 is 0 Å². The number of anilines is 1. The quantitative estimate of drug-likeness (QED) is 0.805. The largest absolute Gasteiger partial charge is 0.326 e. The average molecular weight is 242 g/mol. The number of halogens is 1. The summed E-state index contributed by atoms with van der Waals surface area (Å²) in [4.78, 5) is 10.8. The van der Waals surface area contributed by atoms with Crippen molar-refractivity contribution >= 4 is 27.5 Å². The van der Waals surface area contributed by atoms with Crippen molar-refractivity contribution in [1.82, 2.24) is 0 Å². The van der Waals surface area contributed by atoms with Crippen LogP contribution in [0.1, 0.15) is 18.1 Å². The summed E-state index contributed by atoms with van der Waals surface area (Å²) in [5.41, 5.74) is 3.12. The molecular weight excluding hydrogens is 230 g/mol. The zero-order chi connectivity index (χ0) is 10.0. The minimum atomic E-state index is -0.0427. The van der Waals surface area contributed by atoms with Crippen LogP contribution in [0.2, 0.25) is 0 Å². The van der Waals surface area contributed by atoms with Crippen LogP contribution in [0.4, 0.5) is 5.69 Å². The molecule has 0 atom stereocenters. The van der Waals surface area contributed by atoms with E-state index in [1.807, 2.05) is 26.0 Å². The van der Waals surface area contributed by atoms with Gasteiger partial charge in [-0.3, -0.25) is 4.79 Å². The van der Waals surface area contributed by atoms with Crippen LogP contribution in [0.5, 0.6) is 0 Å². The lowest BCUT2D eigenvalue weighted by Gasteiger charge is -2.08. The number of nitrogens with one attached hydrogen (secondary N) is 1. The average Bonchev–Trinajstić information content (AvgIpc) is 1.99. The molecule has 0 saturated carbocycles. The molecule has 70 valence electrons. The topological polar surface area (TPSA) is 29.1 Å². The summed E-state index contributed by atoms with van der Waals surface area (Å²) in [6.45, 7) is 5.51. The van der Waals surface area contributed by atoms with E-state index in [1.54, 1.807) is 0 Å². The van der Waals surface area contributed by atoms with Crippen molar-refractivity contribution in [2.45, 2.75) is 20.8 Å². The molecule has 3 heteroatoms. The molecule has 0 radical (unpaired) electrons. The molecule has 0 unspecified atom stereocenters. The van der Waals surface area contributed by atoms with Gasteiger partial charge in [0.2, 0.25) is 5.91 Å². The lowest BCUT2D eigenvalue weighted by Crippen LogP contribution is -2.07. The molecule has 0 aromatic heterocycles.